The Morgan fingerprint density at radius 3 is 2.63 bits per heavy atom. The maximum Gasteiger partial charge on any atom is 0.243 e. The average molecular weight is 303 g/mol. The smallest absolute Gasteiger partial charge is 0.243 e. The van der Waals surface area contributed by atoms with Gasteiger partial charge in [-0.2, -0.15) is 4.31 Å². The standard InChI is InChI=1S/C13H19ClN2O2S/c1-15-7-4-8-16(10-9-15)19(17,18)13-6-3-2-5-12(13)11-14/h2-3,5-6H,4,7-11H2,1H3. The van der Waals surface area contributed by atoms with Crippen LogP contribution in [0.2, 0.25) is 0 Å². The molecule has 19 heavy (non-hydrogen) atoms. The molecule has 0 unspecified atom stereocenters. The molecule has 0 aliphatic carbocycles. The van der Waals surface area contributed by atoms with Crippen LogP contribution in [0.4, 0.5) is 0 Å². The van der Waals surface area contributed by atoms with Crippen molar-refractivity contribution in [1.82, 2.24) is 9.21 Å². The van der Waals surface area contributed by atoms with Crippen LogP contribution in [0, 0.1) is 0 Å². The first-order valence-corrected chi connectivity index (χ1v) is 8.35. The van der Waals surface area contributed by atoms with Crippen LogP contribution in [0.25, 0.3) is 0 Å². The first-order chi connectivity index (χ1) is 9.05. The largest absolute Gasteiger partial charge is 0.305 e. The molecule has 1 aliphatic rings. The molecular formula is C13H19ClN2O2S. The molecule has 1 aromatic rings. The Hall–Kier alpha value is -0.620. The predicted octanol–water partition coefficient (Wildman–Crippen LogP) is 1.75. The summed E-state index contributed by atoms with van der Waals surface area (Å²) in [6, 6.07) is 6.96. The Bertz CT molecular complexity index is 533. The zero-order valence-corrected chi connectivity index (χ0v) is 12.6. The van der Waals surface area contributed by atoms with E-state index in [1.54, 1.807) is 22.5 Å². The quantitative estimate of drug-likeness (QED) is 0.799. The molecular weight excluding hydrogens is 284 g/mol. The van der Waals surface area contributed by atoms with Crippen LogP contribution < -0.4 is 0 Å². The lowest BCUT2D eigenvalue weighted by Gasteiger charge is -2.21. The van der Waals surface area contributed by atoms with Crippen LogP contribution in [0.15, 0.2) is 29.2 Å². The van der Waals surface area contributed by atoms with Crippen molar-refractivity contribution in [2.75, 3.05) is 33.2 Å². The summed E-state index contributed by atoms with van der Waals surface area (Å²) in [7, 11) is -1.41. The van der Waals surface area contributed by atoms with Crippen LogP contribution in [0.3, 0.4) is 0 Å². The molecule has 0 bridgehead atoms. The van der Waals surface area contributed by atoms with E-state index < -0.39 is 10.0 Å². The lowest BCUT2D eigenvalue weighted by atomic mass is 10.2. The summed E-state index contributed by atoms with van der Waals surface area (Å²) in [4.78, 5) is 2.50. The molecule has 2 rings (SSSR count). The molecule has 1 heterocycles. The number of sulfonamides is 1. The van der Waals surface area contributed by atoms with Gasteiger partial charge in [0.1, 0.15) is 0 Å². The molecule has 0 radical (unpaired) electrons. The van der Waals surface area contributed by atoms with Gasteiger partial charge in [0.25, 0.3) is 0 Å². The van der Waals surface area contributed by atoms with Crippen molar-refractivity contribution in [1.29, 1.82) is 0 Å². The van der Waals surface area contributed by atoms with Gasteiger partial charge in [-0.15, -0.1) is 11.6 Å². The molecule has 106 valence electrons. The zero-order valence-electron chi connectivity index (χ0n) is 11.0. The van der Waals surface area contributed by atoms with Gasteiger partial charge in [0, 0.05) is 25.5 Å². The number of likely N-dealkylation sites (N-methyl/N-ethyl adjacent to an activating group) is 1. The van der Waals surface area contributed by atoms with E-state index in [-0.39, 0.29) is 5.88 Å². The van der Waals surface area contributed by atoms with Gasteiger partial charge >= 0.3 is 0 Å². The van der Waals surface area contributed by atoms with Gasteiger partial charge < -0.3 is 4.90 Å². The summed E-state index contributed by atoms with van der Waals surface area (Å²) in [6.45, 7) is 2.81. The SMILES string of the molecule is CN1CCCN(S(=O)(=O)c2ccccc2CCl)CC1. The third-order valence-electron chi connectivity index (χ3n) is 3.41. The topological polar surface area (TPSA) is 40.6 Å². The second-order valence-electron chi connectivity index (χ2n) is 4.80. The number of halogens is 1. The lowest BCUT2D eigenvalue weighted by Crippen LogP contribution is -2.34. The zero-order chi connectivity index (χ0) is 13.9. The molecule has 0 N–H and O–H groups in total. The van der Waals surface area contributed by atoms with E-state index >= 15 is 0 Å². The summed E-state index contributed by atoms with van der Waals surface area (Å²) in [5, 5.41) is 0. The van der Waals surface area contributed by atoms with Crippen molar-refractivity contribution in [3.05, 3.63) is 29.8 Å². The first-order valence-electron chi connectivity index (χ1n) is 6.38. The highest BCUT2D eigenvalue weighted by molar-refractivity contribution is 7.89. The van der Waals surface area contributed by atoms with E-state index in [1.165, 1.54) is 0 Å². The minimum atomic E-state index is -3.43. The number of hydrogen-bond donors (Lipinski definition) is 0. The summed E-state index contributed by atoms with van der Waals surface area (Å²) in [5.74, 6) is 0.211. The number of alkyl halides is 1. The first kappa shape index (κ1) is 14.8. The number of rotatable bonds is 3. The second kappa shape index (κ2) is 6.22. The van der Waals surface area contributed by atoms with Crippen LogP contribution in [0.5, 0.6) is 0 Å². The minimum Gasteiger partial charge on any atom is -0.305 e. The van der Waals surface area contributed by atoms with Crippen molar-refractivity contribution in [2.24, 2.45) is 0 Å². The molecule has 6 heteroatoms. The van der Waals surface area contributed by atoms with Crippen LogP contribution in [-0.4, -0.2) is 50.8 Å². The van der Waals surface area contributed by atoms with E-state index in [0.717, 1.165) is 19.5 Å². The lowest BCUT2D eigenvalue weighted by molar-refractivity contribution is 0.347. The summed E-state index contributed by atoms with van der Waals surface area (Å²) in [5.41, 5.74) is 0.668. The third kappa shape index (κ3) is 3.28. The number of nitrogens with zero attached hydrogens (tertiary/aromatic N) is 2. The van der Waals surface area contributed by atoms with Crippen LogP contribution in [-0.2, 0) is 15.9 Å². The van der Waals surface area contributed by atoms with Gasteiger partial charge in [-0.1, -0.05) is 18.2 Å². The molecule has 0 amide bonds. The second-order valence-corrected chi connectivity index (χ2v) is 6.98. The van der Waals surface area contributed by atoms with Gasteiger partial charge in [-0.05, 0) is 31.6 Å². The Balaban J connectivity index is 2.31. The van der Waals surface area contributed by atoms with Crippen molar-refractivity contribution in [3.63, 3.8) is 0 Å². The molecule has 1 saturated heterocycles. The predicted molar refractivity (Wildman–Crippen MR) is 76.9 cm³/mol. The number of hydrogen-bond acceptors (Lipinski definition) is 3. The van der Waals surface area contributed by atoms with E-state index in [0.29, 0.717) is 23.5 Å². The number of benzene rings is 1. The summed E-state index contributed by atoms with van der Waals surface area (Å²) >= 11 is 5.84. The highest BCUT2D eigenvalue weighted by Gasteiger charge is 2.27. The van der Waals surface area contributed by atoms with Crippen molar-refractivity contribution >= 4 is 21.6 Å². The maximum atomic E-state index is 12.7. The fraction of sp³-hybridized carbons (Fsp3) is 0.538. The van der Waals surface area contributed by atoms with Crippen molar-refractivity contribution in [3.8, 4) is 0 Å². The van der Waals surface area contributed by atoms with Gasteiger partial charge in [0.2, 0.25) is 10.0 Å². The van der Waals surface area contributed by atoms with Gasteiger partial charge in [0.05, 0.1) is 4.90 Å². The molecule has 0 aromatic heterocycles. The molecule has 0 saturated carbocycles. The van der Waals surface area contributed by atoms with Gasteiger partial charge in [-0.25, -0.2) is 8.42 Å². The minimum absolute atomic E-state index is 0.211. The molecule has 0 atom stereocenters. The maximum absolute atomic E-state index is 12.7. The Labute approximate surface area is 120 Å². The fourth-order valence-corrected chi connectivity index (χ4v) is 4.27. The molecule has 1 aliphatic heterocycles. The highest BCUT2D eigenvalue weighted by Crippen LogP contribution is 2.22. The Morgan fingerprint density at radius 1 is 1.16 bits per heavy atom. The third-order valence-corrected chi connectivity index (χ3v) is 5.70. The van der Waals surface area contributed by atoms with E-state index in [4.69, 9.17) is 11.6 Å². The Morgan fingerprint density at radius 2 is 1.89 bits per heavy atom. The van der Waals surface area contributed by atoms with E-state index in [1.807, 2.05) is 13.1 Å². The highest BCUT2D eigenvalue weighted by atomic mass is 35.5. The average Bonchev–Trinajstić information content (AvgIpc) is 2.64. The molecule has 0 spiro atoms. The van der Waals surface area contributed by atoms with E-state index in [2.05, 4.69) is 4.90 Å². The normalized spacial score (nSPS) is 19.3. The molecule has 1 fully saturated rings. The van der Waals surface area contributed by atoms with E-state index in [9.17, 15) is 8.42 Å². The molecule has 4 nitrogen and oxygen atoms in total. The Kier molecular flexibility index (Phi) is 4.84. The fourth-order valence-electron chi connectivity index (χ4n) is 2.27. The molecule has 1 aromatic carbocycles. The monoisotopic (exact) mass is 302 g/mol. The summed E-state index contributed by atoms with van der Waals surface area (Å²) < 4.78 is 26.9. The van der Waals surface area contributed by atoms with Crippen molar-refractivity contribution < 1.29 is 8.42 Å². The van der Waals surface area contributed by atoms with Crippen LogP contribution in [0.1, 0.15) is 12.0 Å². The van der Waals surface area contributed by atoms with Crippen LogP contribution >= 0.6 is 11.6 Å². The summed E-state index contributed by atoms with van der Waals surface area (Å²) in [6.07, 6.45) is 0.860. The van der Waals surface area contributed by atoms with Gasteiger partial charge in [0.15, 0.2) is 0 Å². The van der Waals surface area contributed by atoms with Crippen molar-refractivity contribution in [2.45, 2.75) is 17.2 Å². The van der Waals surface area contributed by atoms with Gasteiger partial charge in [-0.3, -0.25) is 0 Å².